The van der Waals surface area contributed by atoms with Crippen LogP contribution in [0.15, 0.2) is 24.3 Å². The average Bonchev–Trinajstić information content (AvgIpc) is 2.44. The van der Waals surface area contributed by atoms with Gasteiger partial charge in [0.15, 0.2) is 0 Å². The van der Waals surface area contributed by atoms with Gasteiger partial charge in [0.05, 0.1) is 18.1 Å². The minimum Gasteiger partial charge on any atom is -0.481 e. The lowest BCUT2D eigenvalue weighted by atomic mass is 9.68. The SMILES string of the molecule is CCOCC(O)CC1(C(=O)O)CCc2ccccc2C1. The predicted molar refractivity (Wildman–Crippen MR) is 75.7 cm³/mol. The highest BCUT2D eigenvalue weighted by Crippen LogP contribution is 2.39. The molecule has 20 heavy (non-hydrogen) atoms. The van der Waals surface area contributed by atoms with Crippen LogP contribution in [0, 0.1) is 5.41 Å². The molecule has 1 aromatic carbocycles. The summed E-state index contributed by atoms with van der Waals surface area (Å²) in [5.74, 6) is -0.817. The summed E-state index contributed by atoms with van der Waals surface area (Å²) in [6, 6.07) is 7.96. The molecule has 2 unspecified atom stereocenters. The molecule has 1 aliphatic rings. The van der Waals surface area contributed by atoms with E-state index < -0.39 is 17.5 Å². The molecule has 0 aliphatic heterocycles. The second-order valence-electron chi connectivity index (χ2n) is 5.55. The molecule has 0 bridgehead atoms. The van der Waals surface area contributed by atoms with E-state index in [4.69, 9.17) is 4.74 Å². The highest BCUT2D eigenvalue weighted by molar-refractivity contribution is 5.75. The van der Waals surface area contributed by atoms with Crippen molar-refractivity contribution in [3.05, 3.63) is 35.4 Å². The molecule has 2 rings (SSSR count). The van der Waals surface area contributed by atoms with E-state index >= 15 is 0 Å². The van der Waals surface area contributed by atoms with Gasteiger partial charge in [0.1, 0.15) is 0 Å². The van der Waals surface area contributed by atoms with E-state index in [0.717, 1.165) is 12.0 Å². The van der Waals surface area contributed by atoms with Crippen LogP contribution in [0.5, 0.6) is 0 Å². The quantitative estimate of drug-likeness (QED) is 0.835. The molecule has 4 heteroatoms. The molecule has 2 N–H and O–H groups in total. The lowest BCUT2D eigenvalue weighted by Crippen LogP contribution is -2.41. The maximum atomic E-state index is 11.7. The fourth-order valence-electron chi connectivity index (χ4n) is 3.01. The van der Waals surface area contributed by atoms with Gasteiger partial charge in [0.2, 0.25) is 0 Å². The van der Waals surface area contributed by atoms with E-state index in [1.165, 1.54) is 5.56 Å². The van der Waals surface area contributed by atoms with E-state index in [9.17, 15) is 15.0 Å². The van der Waals surface area contributed by atoms with E-state index in [1.807, 2.05) is 25.1 Å². The molecule has 4 nitrogen and oxygen atoms in total. The molecular weight excluding hydrogens is 256 g/mol. The minimum absolute atomic E-state index is 0.202. The molecule has 0 amide bonds. The number of hydrogen-bond donors (Lipinski definition) is 2. The number of carbonyl (C=O) groups is 1. The second-order valence-corrected chi connectivity index (χ2v) is 5.55. The van der Waals surface area contributed by atoms with Crippen molar-refractivity contribution in [2.45, 2.75) is 38.7 Å². The Hall–Kier alpha value is -1.39. The second kappa shape index (κ2) is 6.37. The molecule has 2 atom stereocenters. The van der Waals surface area contributed by atoms with Crippen LogP contribution < -0.4 is 0 Å². The number of aryl methyl sites for hydroxylation is 1. The Kier molecular flexibility index (Phi) is 4.78. The Morgan fingerprint density at radius 3 is 2.75 bits per heavy atom. The number of carboxylic acid groups (broad SMARTS) is 1. The van der Waals surface area contributed by atoms with E-state index in [0.29, 0.717) is 19.4 Å². The van der Waals surface area contributed by atoms with Crippen molar-refractivity contribution in [2.24, 2.45) is 5.41 Å². The normalized spacial score (nSPS) is 23.1. The number of hydrogen-bond acceptors (Lipinski definition) is 3. The lowest BCUT2D eigenvalue weighted by Gasteiger charge is -2.36. The number of aliphatic hydroxyl groups is 1. The van der Waals surface area contributed by atoms with Crippen LogP contribution in [0.4, 0.5) is 0 Å². The zero-order chi connectivity index (χ0) is 14.6. The fraction of sp³-hybridized carbons (Fsp3) is 0.562. The molecule has 1 aliphatic carbocycles. The third-order valence-corrected chi connectivity index (χ3v) is 4.11. The first-order valence-electron chi connectivity index (χ1n) is 7.13. The Morgan fingerprint density at radius 2 is 2.10 bits per heavy atom. The Balaban J connectivity index is 2.14. The number of benzene rings is 1. The molecule has 1 aromatic rings. The Labute approximate surface area is 119 Å². The highest BCUT2D eigenvalue weighted by atomic mass is 16.5. The topological polar surface area (TPSA) is 66.8 Å². The van der Waals surface area contributed by atoms with Gasteiger partial charge >= 0.3 is 5.97 Å². The number of aliphatic hydroxyl groups excluding tert-OH is 1. The number of rotatable bonds is 6. The number of ether oxygens (including phenoxy) is 1. The van der Waals surface area contributed by atoms with Crippen LogP contribution in [0.1, 0.15) is 30.9 Å². The minimum atomic E-state index is -0.870. The molecule has 0 spiro atoms. The van der Waals surface area contributed by atoms with E-state index in [-0.39, 0.29) is 13.0 Å². The first-order valence-corrected chi connectivity index (χ1v) is 7.13. The molecule has 0 aromatic heterocycles. The zero-order valence-corrected chi connectivity index (χ0v) is 11.8. The van der Waals surface area contributed by atoms with Crippen molar-refractivity contribution in [3.63, 3.8) is 0 Å². The van der Waals surface area contributed by atoms with Crippen LogP contribution in [-0.2, 0) is 22.4 Å². The third-order valence-electron chi connectivity index (χ3n) is 4.11. The predicted octanol–water partition coefficient (Wildman–Crippen LogP) is 2.03. The van der Waals surface area contributed by atoms with Gasteiger partial charge in [-0.05, 0) is 43.7 Å². The zero-order valence-electron chi connectivity index (χ0n) is 11.8. The summed E-state index contributed by atoms with van der Waals surface area (Å²) >= 11 is 0. The Morgan fingerprint density at radius 1 is 1.40 bits per heavy atom. The maximum Gasteiger partial charge on any atom is 0.310 e. The fourth-order valence-corrected chi connectivity index (χ4v) is 3.01. The van der Waals surface area contributed by atoms with Crippen molar-refractivity contribution >= 4 is 5.97 Å². The number of aliphatic carboxylic acids is 1. The first kappa shape index (κ1) is 15.0. The number of fused-ring (bicyclic) bond motifs is 1. The van der Waals surface area contributed by atoms with Crippen molar-refractivity contribution in [2.75, 3.05) is 13.2 Å². The van der Waals surface area contributed by atoms with Gasteiger partial charge in [-0.2, -0.15) is 0 Å². The number of carboxylic acids is 1. The summed E-state index contributed by atoms with van der Waals surface area (Å²) in [4.78, 5) is 11.7. The van der Waals surface area contributed by atoms with E-state index in [2.05, 4.69) is 6.07 Å². The summed E-state index contributed by atoms with van der Waals surface area (Å²) in [6.45, 7) is 2.59. The van der Waals surface area contributed by atoms with Crippen LogP contribution in [-0.4, -0.2) is 35.5 Å². The van der Waals surface area contributed by atoms with Gasteiger partial charge in [-0.3, -0.25) is 4.79 Å². The summed E-state index contributed by atoms with van der Waals surface area (Å²) in [6.07, 6.45) is 1.33. The molecule has 0 radical (unpaired) electrons. The molecular formula is C16H22O4. The van der Waals surface area contributed by atoms with Gasteiger partial charge in [-0.1, -0.05) is 24.3 Å². The van der Waals surface area contributed by atoms with Gasteiger partial charge in [0.25, 0.3) is 0 Å². The third kappa shape index (κ3) is 3.19. The van der Waals surface area contributed by atoms with Crippen LogP contribution in [0.25, 0.3) is 0 Å². The molecule has 0 saturated carbocycles. The smallest absolute Gasteiger partial charge is 0.310 e. The van der Waals surface area contributed by atoms with Crippen LogP contribution in [0.2, 0.25) is 0 Å². The van der Waals surface area contributed by atoms with Gasteiger partial charge < -0.3 is 14.9 Å². The van der Waals surface area contributed by atoms with Crippen molar-refractivity contribution in [3.8, 4) is 0 Å². The molecule has 110 valence electrons. The summed E-state index contributed by atoms with van der Waals surface area (Å²) < 4.78 is 5.19. The van der Waals surface area contributed by atoms with Gasteiger partial charge in [-0.25, -0.2) is 0 Å². The Bertz CT molecular complexity index is 471. The molecule has 0 heterocycles. The standard InChI is InChI=1S/C16H22O4/c1-2-20-11-14(17)10-16(15(18)19)8-7-12-5-3-4-6-13(12)9-16/h3-6,14,17H,2,7-11H2,1H3,(H,18,19). The molecule has 0 fully saturated rings. The first-order chi connectivity index (χ1) is 9.57. The van der Waals surface area contributed by atoms with Crippen LogP contribution in [0.3, 0.4) is 0 Å². The summed E-state index contributed by atoms with van der Waals surface area (Å²) in [7, 11) is 0. The van der Waals surface area contributed by atoms with Crippen LogP contribution >= 0.6 is 0 Å². The largest absolute Gasteiger partial charge is 0.481 e. The van der Waals surface area contributed by atoms with Gasteiger partial charge in [-0.15, -0.1) is 0 Å². The maximum absolute atomic E-state index is 11.7. The molecule has 0 saturated heterocycles. The van der Waals surface area contributed by atoms with E-state index in [1.54, 1.807) is 0 Å². The van der Waals surface area contributed by atoms with Crippen molar-refractivity contribution in [1.82, 2.24) is 0 Å². The van der Waals surface area contributed by atoms with Gasteiger partial charge in [0, 0.05) is 6.61 Å². The highest BCUT2D eigenvalue weighted by Gasteiger charge is 2.42. The lowest BCUT2D eigenvalue weighted by molar-refractivity contribution is -0.152. The van der Waals surface area contributed by atoms with Crippen molar-refractivity contribution in [1.29, 1.82) is 0 Å². The summed E-state index contributed by atoms with van der Waals surface area (Å²) in [5, 5.41) is 19.6. The monoisotopic (exact) mass is 278 g/mol. The average molecular weight is 278 g/mol. The summed E-state index contributed by atoms with van der Waals surface area (Å²) in [5.41, 5.74) is 1.44. The van der Waals surface area contributed by atoms with Crippen molar-refractivity contribution < 1.29 is 19.7 Å².